The molecule has 1 heterocycles. The van der Waals surface area contributed by atoms with Crippen LogP contribution < -0.4 is 10.5 Å². The minimum absolute atomic E-state index is 0.00410. The highest BCUT2D eigenvalue weighted by Gasteiger charge is 2.16. The predicted molar refractivity (Wildman–Crippen MR) is 103 cm³/mol. The van der Waals surface area contributed by atoms with Gasteiger partial charge in [-0.15, -0.1) is 11.3 Å². The van der Waals surface area contributed by atoms with Crippen LogP contribution in [0.1, 0.15) is 40.4 Å². The number of rotatable bonds is 9. The maximum absolute atomic E-state index is 11.2. The summed E-state index contributed by atoms with van der Waals surface area (Å²) in [6.45, 7) is 3.88. The number of Topliss-reactive ketones (excluding diaryl/α,β-unsaturated/α-hetero) is 1. The lowest BCUT2D eigenvalue weighted by Gasteiger charge is -2.20. The van der Waals surface area contributed by atoms with E-state index in [4.69, 9.17) is 10.5 Å². The van der Waals surface area contributed by atoms with E-state index in [0.717, 1.165) is 23.5 Å². The van der Waals surface area contributed by atoms with Gasteiger partial charge in [-0.3, -0.25) is 4.79 Å². The fraction of sp³-hybridized carbons (Fsp3) is 0.350. The van der Waals surface area contributed by atoms with E-state index in [1.165, 1.54) is 4.88 Å². The number of hydrogen-bond acceptors (Lipinski definition) is 5. The van der Waals surface area contributed by atoms with Crippen LogP contribution in [0.4, 0.5) is 0 Å². The molecule has 0 radical (unpaired) electrons. The van der Waals surface area contributed by atoms with Crippen molar-refractivity contribution in [1.29, 1.82) is 0 Å². The van der Waals surface area contributed by atoms with Gasteiger partial charge in [0.15, 0.2) is 5.78 Å². The van der Waals surface area contributed by atoms with Crippen LogP contribution in [0.25, 0.3) is 6.08 Å². The van der Waals surface area contributed by atoms with Crippen LogP contribution in [0.2, 0.25) is 0 Å². The van der Waals surface area contributed by atoms with Gasteiger partial charge in [0.25, 0.3) is 0 Å². The summed E-state index contributed by atoms with van der Waals surface area (Å²) >= 11 is 1.72. The lowest BCUT2D eigenvalue weighted by atomic mass is 9.98. The Bertz CT molecular complexity index is 717. The van der Waals surface area contributed by atoms with Crippen LogP contribution in [0, 0.1) is 0 Å². The third-order valence-electron chi connectivity index (χ3n) is 3.88. The average molecular weight is 359 g/mol. The Hall–Kier alpha value is -1.95. The topological polar surface area (TPSA) is 72.5 Å². The van der Waals surface area contributed by atoms with Gasteiger partial charge >= 0.3 is 0 Å². The van der Waals surface area contributed by atoms with Crippen molar-refractivity contribution < 1.29 is 14.6 Å². The number of thiophene rings is 1. The molecule has 0 aliphatic carbocycles. The molecule has 0 aliphatic heterocycles. The van der Waals surface area contributed by atoms with Gasteiger partial charge in [-0.1, -0.05) is 0 Å². The van der Waals surface area contributed by atoms with Crippen molar-refractivity contribution in [1.82, 2.24) is 0 Å². The van der Waals surface area contributed by atoms with E-state index in [1.807, 2.05) is 19.1 Å². The molecule has 0 bridgehead atoms. The van der Waals surface area contributed by atoms with Crippen molar-refractivity contribution in [3.05, 3.63) is 57.8 Å². The molecular formula is C20H25NO3S. The highest BCUT2D eigenvalue weighted by atomic mass is 32.1. The second-order valence-electron chi connectivity index (χ2n) is 6.41. The van der Waals surface area contributed by atoms with E-state index in [0.29, 0.717) is 12.2 Å². The fourth-order valence-corrected chi connectivity index (χ4v) is 3.14. The number of benzene rings is 1. The molecule has 1 aromatic carbocycles. The summed E-state index contributed by atoms with van der Waals surface area (Å²) in [5.74, 6) is 0.793. The van der Waals surface area contributed by atoms with Gasteiger partial charge in [0.2, 0.25) is 0 Å². The van der Waals surface area contributed by atoms with Crippen molar-refractivity contribution in [3.8, 4) is 5.75 Å². The molecule has 0 spiro atoms. The first kappa shape index (κ1) is 19.4. The van der Waals surface area contributed by atoms with E-state index < -0.39 is 5.54 Å². The molecule has 0 aliphatic rings. The predicted octanol–water partition coefficient (Wildman–Crippen LogP) is 3.69. The van der Waals surface area contributed by atoms with E-state index in [2.05, 4.69) is 12.1 Å². The molecule has 1 atom stereocenters. The molecule has 4 nitrogen and oxygen atoms in total. The summed E-state index contributed by atoms with van der Waals surface area (Å²) in [7, 11) is 0. The van der Waals surface area contributed by atoms with Gasteiger partial charge in [-0.05, 0) is 75.2 Å². The number of aliphatic hydroxyl groups is 1. The molecule has 134 valence electrons. The first-order valence-corrected chi connectivity index (χ1v) is 9.10. The first-order chi connectivity index (χ1) is 11.9. The third-order valence-corrected chi connectivity index (χ3v) is 4.99. The highest BCUT2D eigenvalue weighted by molar-refractivity contribution is 7.12. The Morgan fingerprint density at radius 3 is 2.64 bits per heavy atom. The molecule has 2 aromatic rings. The first-order valence-electron chi connectivity index (χ1n) is 8.28. The standard InChI is InChI=1S/C20H25NO3S/c1-15(23)16-5-7-17(8-6-16)24-13-3-4-18-9-10-19(25-18)11-12-20(2,21)14-22/h3-10,22H,11-14,21H2,1-2H3/b4-3+. The summed E-state index contributed by atoms with van der Waals surface area (Å²) in [6, 6.07) is 11.3. The smallest absolute Gasteiger partial charge is 0.159 e. The lowest BCUT2D eigenvalue weighted by Crippen LogP contribution is -2.40. The van der Waals surface area contributed by atoms with E-state index in [-0.39, 0.29) is 12.4 Å². The van der Waals surface area contributed by atoms with Gasteiger partial charge in [0, 0.05) is 20.9 Å². The Labute approximate surface area is 152 Å². The van der Waals surface area contributed by atoms with Gasteiger partial charge < -0.3 is 15.6 Å². The van der Waals surface area contributed by atoms with Crippen LogP contribution in [-0.4, -0.2) is 29.6 Å². The number of aliphatic hydroxyl groups excluding tert-OH is 1. The third kappa shape index (κ3) is 6.46. The fourth-order valence-electron chi connectivity index (χ4n) is 2.20. The Morgan fingerprint density at radius 1 is 1.28 bits per heavy atom. The van der Waals surface area contributed by atoms with Crippen molar-refractivity contribution in [3.63, 3.8) is 0 Å². The van der Waals surface area contributed by atoms with Crippen molar-refractivity contribution in [2.45, 2.75) is 32.2 Å². The quantitative estimate of drug-likeness (QED) is 0.670. The van der Waals surface area contributed by atoms with Crippen molar-refractivity contribution >= 4 is 23.2 Å². The molecule has 0 amide bonds. The second kappa shape index (κ2) is 8.94. The molecule has 1 aromatic heterocycles. The van der Waals surface area contributed by atoms with E-state index in [9.17, 15) is 9.90 Å². The molecule has 0 saturated heterocycles. The Morgan fingerprint density at radius 2 is 2.00 bits per heavy atom. The van der Waals surface area contributed by atoms with Gasteiger partial charge in [0.05, 0.1) is 6.61 Å². The SMILES string of the molecule is CC(=O)c1ccc(OC/C=C/c2ccc(CCC(C)(N)CO)s2)cc1. The van der Waals surface area contributed by atoms with Gasteiger partial charge in [-0.25, -0.2) is 0 Å². The van der Waals surface area contributed by atoms with Crippen LogP contribution in [0.5, 0.6) is 5.75 Å². The number of nitrogens with two attached hydrogens (primary N) is 1. The summed E-state index contributed by atoms with van der Waals surface area (Å²) in [5.41, 5.74) is 6.12. The Kier molecular flexibility index (Phi) is 6.93. The molecule has 0 saturated carbocycles. The summed E-state index contributed by atoms with van der Waals surface area (Å²) in [4.78, 5) is 13.6. The number of ether oxygens (including phenoxy) is 1. The van der Waals surface area contributed by atoms with Gasteiger partial charge in [0.1, 0.15) is 12.4 Å². The van der Waals surface area contributed by atoms with Crippen LogP contribution in [-0.2, 0) is 6.42 Å². The van der Waals surface area contributed by atoms with E-state index in [1.54, 1.807) is 42.5 Å². The van der Waals surface area contributed by atoms with Gasteiger partial charge in [-0.2, -0.15) is 0 Å². The maximum Gasteiger partial charge on any atom is 0.159 e. The second-order valence-corrected chi connectivity index (χ2v) is 7.61. The number of hydrogen-bond donors (Lipinski definition) is 2. The monoisotopic (exact) mass is 359 g/mol. The minimum Gasteiger partial charge on any atom is -0.490 e. The zero-order chi connectivity index (χ0) is 18.3. The maximum atomic E-state index is 11.2. The normalized spacial score (nSPS) is 13.8. The largest absolute Gasteiger partial charge is 0.490 e. The molecule has 5 heteroatoms. The number of aryl methyl sites for hydroxylation is 1. The lowest BCUT2D eigenvalue weighted by molar-refractivity contribution is 0.101. The average Bonchev–Trinajstić information content (AvgIpc) is 3.05. The summed E-state index contributed by atoms with van der Waals surface area (Å²) in [5, 5.41) is 9.19. The van der Waals surface area contributed by atoms with Crippen LogP contribution >= 0.6 is 11.3 Å². The zero-order valence-electron chi connectivity index (χ0n) is 14.7. The molecule has 0 fully saturated rings. The Balaban J connectivity index is 1.79. The molecule has 3 N–H and O–H groups in total. The van der Waals surface area contributed by atoms with Crippen LogP contribution in [0.15, 0.2) is 42.5 Å². The molecule has 1 unspecified atom stereocenters. The molecular weight excluding hydrogens is 334 g/mol. The molecule has 25 heavy (non-hydrogen) atoms. The van der Waals surface area contributed by atoms with Crippen molar-refractivity contribution in [2.24, 2.45) is 5.73 Å². The van der Waals surface area contributed by atoms with Crippen molar-refractivity contribution in [2.75, 3.05) is 13.2 Å². The number of carbonyl (C=O) groups is 1. The highest BCUT2D eigenvalue weighted by Crippen LogP contribution is 2.21. The zero-order valence-corrected chi connectivity index (χ0v) is 15.5. The molecule has 2 rings (SSSR count). The summed E-state index contributed by atoms with van der Waals surface area (Å²) in [6.07, 6.45) is 5.62. The van der Waals surface area contributed by atoms with Crippen LogP contribution in [0.3, 0.4) is 0 Å². The van der Waals surface area contributed by atoms with E-state index >= 15 is 0 Å². The number of ketones is 1. The minimum atomic E-state index is -0.522. The summed E-state index contributed by atoms with van der Waals surface area (Å²) < 4.78 is 5.64. The number of carbonyl (C=O) groups excluding carboxylic acids is 1.